The lowest BCUT2D eigenvalue weighted by atomic mass is 9.80. The van der Waals surface area contributed by atoms with Gasteiger partial charge in [0.15, 0.2) is 23.1 Å². The Labute approximate surface area is 323 Å². The first kappa shape index (κ1) is 37.8. The molecule has 3 aromatic carbocycles. The van der Waals surface area contributed by atoms with Crippen LogP contribution in [0.1, 0.15) is 132 Å². The highest BCUT2D eigenvalue weighted by molar-refractivity contribution is 5.98. The van der Waals surface area contributed by atoms with E-state index in [1.165, 1.54) is 38.5 Å². The summed E-state index contributed by atoms with van der Waals surface area (Å²) in [5.41, 5.74) is 13.9. The third-order valence-electron chi connectivity index (χ3n) is 11.6. The van der Waals surface area contributed by atoms with Gasteiger partial charge in [-0.3, -0.25) is 9.59 Å². The van der Waals surface area contributed by atoms with Gasteiger partial charge in [-0.25, -0.2) is 0 Å². The van der Waals surface area contributed by atoms with Gasteiger partial charge in [-0.2, -0.15) is 0 Å². The number of Topliss-reactive ketones (excluding diaryl/α,β-unsaturated/α-hetero) is 1. The van der Waals surface area contributed by atoms with Gasteiger partial charge >= 0.3 is 0 Å². The average Bonchev–Trinajstić information content (AvgIpc) is 3.87. The number of aryl methyl sites for hydroxylation is 1. The number of phenols is 2. The smallest absolute Gasteiger partial charge is 0.165 e. The van der Waals surface area contributed by atoms with Gasteiger partial charge in [-0.15, -0.1) is 0 Å². The number of benzene rings is 3. The number of nitrogens with two attached hydrogens (primary N) is 1. The zero-order chi connectivity index (χ0) is 38.4. The molecule has 6 N–H and O–H groups in total. The number of aromatic hydroxyl groups is 2. The third-order valence-corrected chi connectivity index (χ3v) is 11.6. The fourth-order valence-corrected chi connectivity index (χ4v) is 8.39. The van der Waals surface area contributed by atoms with Crippen molar-refractivity contribution in [3.63, 3.8) is 0 Å². The minimum Gasteiger partial charge on any atom is -0.508 e. The van der Waals surface area contributed by atoms with Gasteiger partial charge in [-0.1, -0.05) is 68.7 Å². The summed E-state index contributed by atoms with van der Waals surface area (Å²) in [5.74, 6) is 6.70. The topological polar surface area (TPSA) is 138 Å². The van der Waals surface area contributed by atoms with Crippen LogP contribution in [0.3, 0.4) is 0 Å². The number of carbonyl (C=O) groups is 2. The lowest BCUT2D eigenvalue weighted by molar-refractivity contribution is -0.114. The maximum absolute atomic E-state index is 13.9. The molecule has 0 bridgehead atoms. The van der Waals surface area contributed by atoms with Gasteiger partial charge < -0.3 is 31.0 Å². The molecule has 2 heterocycles. The summed E-state index contributed by atoms with van der Waals surface area (Å²) in [6.45, 7) is 2.49. The molecule has 1 fully saturated rings. The Morgan fingerprint density at radius 3 is 2.62 bits per heavy atom. The number of hydrogen-bond acceptors (Lipinski definition) is 7. The quantitative estimate of drug-likeness (QED) is 0.0684. The zero-order valence-electron chi connectivity index (χ0n) is 31.6. The summed E-state index contributed by atoms with van der Waals surface area (Å²) in [4.78, 5) is 29.9. The van der Waals surface area contributed by atoms with Gasteiger partial charge in [0.1, 0.15) is 11.9 Å². The number of aromatic nitrogens is 1. The monoisotopic (exact) mass is 737 g/mol. The third kappa shape index (κ3) is 8.74. The van der Waals surface area contributed by atoms with Crippen molar-refractivity contribution in [3.05, 3.63) is 129 Å². The molecular weight excluding hydrogens is 687 g/mol. The second kappa shape index (κ2) is 16.9. The molecule has 0 radical (unpaired) electrons. The van der Waals surface area contributed by atoms with E-state index in [0.717, 1.165) is 45.5 Å². The van der Waals surface area contributed by atoms with Gasteiger partial charge in [0, 0.05) is 53.8 Å². The second-order valence-electron chi connectivity index (χ2n) is 15.3. The molecular formula is C47H51N3O5. The molecule has 284 valence electrons. The van der Waals surface area contributed by atoms with Crippen molar-refractivity contribution >= 4 is 17.6 Å². The van der Waals surface area contributed by atoms with E-state index in [2.05, 4.69) is 35.1 Å². The highest BCUT2D eigenvalue weighted by atomic mass is 16.5. The summed E-state index contributed by atoms with van der Waals surface area (Å²) in [7, 11) is 0. The van der Waals surface area contributed by atoms with Crippen molar-refractivity contribution in [2.45, 2.75) is 96.1 Å². The Morgan fingerprint density at radius 2 is 1.80 bits per heavy atom. The molecule has 2 unspecified atom stereocenters. The Morgan fingerprint density at radius 1 is 1.00 bits per heavy atom. The van der Waals surface area contributed by atoms with Crippen LogP contribution in [0.4, 0.5) is 0 Å². The first-order chi connectivity index (χ1) is 26.7. The fraction of sp³-hybridized carbons (Fsp3) is 0.362. The normalized spacial score (nSPS) is 18.5. The lowest BCUT2D eigenvalue weighted by Gasteiger charge is -2.26. The number of ether oxygens (including phenoxy) is 1. The Hall–Kier alpha value is -5.52. The molecule has 8 nitrogen and oxygen atoms in total. The standard InChI is InChI=1S/C47H51N3O5/c1-2-3-19-47(20-4-5-21-47)22-15-35(51)12-9-31-11-14-43(53)45(27-31)55-25-18-32-10-13-42(52)40(26-32)39-30-44(54)36-17-24-49-41(36)8-6-7-33-29-38-34(28-37(33)39)16-23-50-46(38)48/h10-11,13-17,22-24,26-29,39,46,49-50,52-53H,2-5,8-9,12,18-21,25,30,48H2,1H3. The predicted octanol–water partition coefficient (Wildman–Crippen LogP) is 8.70. The number of fused-ring (bicyclic) bond motifs is 3. The Kier molecular flexibility index (Phi) is 11.6. The number of H-pyrrole nitrogens is 1. The zero-order valence-corrected chi connectivity index (χ0v) is 31.6. The number of hydrogen-bond donors (Lipinski definition) is 5. The molecule has 4 aromatic rings. The molecule has 8 heteroatoms. The Bertz CT molecular complexity index is 2180. The molecule has 3 aliphatic rings. The van der Waals surface area contributed by atoms with Crippen LogP contribution in [0.5, 0.6) is 17.2 Å². The summed E-state index contributed by atoms with van der Waals surface area (Å²) in [6.07, 6.45) is 19.5. The van der Waals surface area contributed by atoms with Crippen molar-refractivity contribution in [1.29, 1.82) is 0 Å². The summed E-state index contributed by atoms with van der Waals surface area (Å²) < 4.78 is 6.10. The van der Waals surface area contributed by atoms with Crippen LogP contribution in [0.25, 0.3) is 6.08 Å². The number of phenolic OH excluding ortho intramolecular Hbond substituents is 2. The fourth-order valence-electron chi connectivity index (χ4n) is 8.39. The van der Waals surface area contributed by atoms with E-state index in [9.17, 15) is 19.8 Å². The molecule has 2 atom stereocenters. The number of aromatic amines is 1. The van der Waals surface area contributed by atoms with E-state index >= 15 is 0 Å². The molecule has 1 aromatic heterocycles. The van der Waals surface area contributed by atoms with E-state index in [0.29, 0.717) is 42.6 Å². The SMILES string of the molecule is CCCCC1(C=CC(=O)CCc2ccc(O)c(OCCc3ccc(O)c(C4CC(=O)c5cc[nH]c5CC#Cc5cc6c(cc54)C=CNC6N)c3)c2)CCCC1. The van der Waals surface area contributed by atoms with E-state index < -0.39 is 5.92 Å². The highest BCUT2D eigenvalue weighted by Gasteiger charge is 2.31. The minimum atomic E-state index is -0.485. The van der Waals surface area contributed by atoms with Crippen LogP contribution in [0.15, 0.2) is 79.1 Å². The number of nitrogens with one attached hydrogen (secondary N) is 2. The van der Waals surface area contributed by atoms with Crippen LogP contribution in [0, 0.1) is 17.3 Å². The van der Waals surface area contributed by atoms with Crippen LogP contribution in [-0.2, 0) is 24.1 Å². The maximum atomic E-state index is 13.9. The van der Waals surface area contributed by atoms with Crippen molar-refractivity contribution in [2.24, 2.45) is 11.1 Å². The van der Waals surface area contributed by atoms with Crippen molar-refractivity contribution < 1.29 is 24.5 Å². The maximum Gasteiger partial charge on any atom is 0.165 e. The number of unbranched alkanes of at least 4 members (excludes halogenated alkanes) is 1. The number of rotatable bonds is 13. The van der Waals surface area contributed by atoms with E-state index in [1.807, 2.05) is 48.7 Å². The van der Waals surface area contributed by atoms with Gasteiger partial charge in [0.25, 0.3) is 0 Å². The molecule has 1 aliphatic heterocycles. The molecule has 1 saturated carbocycles. The molecule has 0 saturated heterocycles. The molecule has 55 heavy (non-hydrogen) atoms. The van der Waals surface area contributed by atoms with Crippen LogP contribution >= 0.6 is 0 Å². The van der Waals surface area contributed by atoms with Crippen LogP contribution < -0.4 is 15.8 Å². The summed E-state index contributed by atoms with van der Waals surface area (Å²) >= 11 is 0. The van der Waals surface area contributed by atoms with Crippen LogP contribution in [-0.4, -0.2) is 33.4 Å². The number of carbonyl (C=O) groups excluding carboxylic acids is 2. The number of ketones is 2. The summed E-state index contributed by atoms with van der Waals surface area (Å²) in [6, 6.07) is 16.6. The van der Waals surface area contributed by atoms with Crippen molar-refractivity contribution in [1.82, 2.24) is 10.3 Å². The van der Waals surface area contributed by atoms with Crippen LogP contribution in [0.2, 0.25) is 0 Å². The Balaban J connectivity index is 1.07. The highest BCUT2D eigenvalue weighted by Crippen LogP contribution is 2.44. The van der Waals surface area contributed by atoms with Gasteiger partial charge in [-0.05, 0) is 114 Å². The second-order valence-corrected chi connectivity index (χ2v) is 15.3. The predicted molar refractivity (Wildman–Crippen MR) is 216 cm³/mol. The van der Waals surface area contributed by atoms with E-state index in [1.54, 1.807) is 30.5 Å². The van der Waals surface area contributed by atoms with Gasteiger partial charge in [0.2, 0.25) is 0 Å². The first-order valence-corrected chi connectivity index (χ1v) is 19.7. The molecule has 0 amide bonds. The molecule has 7 rings (SSSR count). The van der Waals surface area contributed by atoms with Crippen molar-refractivity contribution in [3.8, 4) is 29.1 Å². The largest absolute Gasteiger partial charge is 0.508 e. The van der Waals surface area contributed by atoms with Gasteiger partial charge in [0.05, 0.1) is 13.0 Å². The first-order valence-electron chi connectivity index (χ1n) is 19.7. The molecule has 2 aliphatic carbocycles. The van der Waals surface area contributed by atoms with Crippen molar-refractivity contribution in [2.75, 3.05) is 6.61 Å². The van der Waals surface area contributed by atoms with E-state index in [-0.39, 0.29) is 47.7 Å². The lowest BCUT2D eigenvalue weighted by Crippen LogP contribution is -2.27. The molecule has 0 spiro atoms. The minimum absolute atomic E-state index is 0.0338. The average molecular weight is 738 g/mol. The summed E-state index contributed by atoms with van der Waals surface area (Å²) in [5, 5.41) is 25.1. The van der Waals surface area contributed by atoms with E-state index in [4.69, 9.17) is 10.5 Å². The number of allylic oxidation sites excluding steroid dienone is 2.